The second-order valence-electron chi connectivity index (χ2n) is 5.60. The molecule has 0 saturated heterocycles. The lowest BCUT2D eigenvalue weighted by Gasteiger charge is -2.17. The van der Waals surface area contributed by atoms with Crippen molar-refractivity contribution >= 4 is 45.3 Å². The average Bonchev–Trinajstić information content (AvgIpc) is 2.65. The van der Waals surface area contributed by atoms with Crippen molar-refractivity contribution in [1.29, 1.82) is 0 Å². The van der Waals surface area contributed by atoms with E-state index in [2.05, 4.69) is 10.5 Å². The second-order valence-corrected chi connectivity index (χ2v) is 8.46. The maximum Gasteiger partial charge on any atom is 0.255 e. The number of nitrogens with zero attached hydrogens (tertiary/aromatic N) is 2. The Kier molecular flexibility index (Phi) is 7.82. The number of ether oxygens (including phenoxy) is 1. The number of likely N-dealkylation sites (N-methyl/N-ethyl adjacent to an activating group) is 1. The van der Waals surface area contributed by atoms with E-state index in [-0.39, 0.29) is 14.9 Å². The highest BCUT2D eigenvalue weighted by molar-refractivity contribution is 7.89. The monoisotopic (exact) mass is 443 g/mol. The van der Waals surface area contributed by atoms with Crippen molar-refractivity contribution in [2.45, 2.75) is 11.8 Å². The maximum atomic E-state index is 12.6. The Hall–Kier alpha value is -2.13. The minimum Gasteiger partial charge on any atom is -0.493 e. The lowest BCUT2D eigenvalue weighted by atomic mass is 10.2. The first-order valence-corrected chi connectivity index (χ1v) is 10.4. The zero-order chi connectivity index (χ0) is 20.7. The third-order valence-corrected chi connectivity index (χ3v) is 6.08. The van der Waals surface area contributed by atoms with Crippen molar-refractivity contribution < 1.29 is 17.9 Å². The molecule has 0 saturated carbocycles. The van der Waals surface area contributed by atoms with Gasteiger partial charge in [-0.25, -0.2) is 13.8 Å². The van der Waals surface area contributed by atoms with Crippen LogP contribution in [0, 0.1) is 0 Å². The van der Waals surface area contributed by atoms with Gasteiger partial charge in [0.15, 0.2) is 0 Å². The van der Waals surface area contributed by atoms with Gasteiger partial charge in [-0.05, 0) is 37.3 Å². The molecule has 1 amide bonds. The fourth-order valence-electron chi connectivity index (χ4n) is 2.21. The molecule has 150 valence electrons. The maximum absolute atomic E-state index is 12.6. The van der Waals surface area contributed by atoms with Crippen molar-refractivity contribution in [1.82, 2.24) is 9.73 Å². The molecule has 2 aromatic rings. The van der Waals surface area contributed by atoms with Gasteiger partial charge in [0, 0.05) is 17.6 Å². The molecule has 0 atom stereocenters. The number of halogens is 2. The van der Waals surface area contributed by atoms with Crippen LogP contribution in [0.15, 0.2) is 52.5 Å². The largest absolute Gasteiger partial charge is 0.493 e. The highest BCUT2D eigenvalue weighted by Crippen LogP contribution is 2.27. The summed E-state index contributed by atoms with van der Waals surface area (Å²) in [6.45, 7) is 1.90. The van der Waals surface area contributed by atoms with Gasteiger partial charge in [-0.3, -0.25) is 4.79 Å². The molecule has 2 rings (SSSR count). The van der Waals surface area contributed by atoms with Gasteiger partial charge in [0.05, 0.1) is 24.4 Å². The molecule has 0 unspecified atom stereocenters. The van der Waals surface area contributed by atoms with Crippen LogP contribution in [0.3, 0.4) is 0 Å². The fraction of sp³-hybridized carbons (Fsp3) is 0.222. The molecule has 0 aliphatic heterocycles. The predicted octanol–water partition coefficient (Wildman–Crippen LogP) is 3.16. The van der Waals surface area contributed by atoms with E-state index in [0.717, 1.165) is 4.31 Å². The van der Waals surface area contributed by atoms with Gasteiger partial charge in [-0.1, -0.05) is 35.3 Å². The van der Waals surface area contributed by atoms with Gasteiger partial charge in [-0.15, -0.1) is 0 Å². The van der Waals surface area contributed by atoms with Crippen LogP contribution in [0.1, 0.15) is 12.5 Å². The molecule has 0 aliphatic rings. The first kappa shape index (κ1) is 22.2. The van der Waals surface area contributed by atoms with E-state index < -0.39 is 22.5 Å². The number of amides is 1. The molecule has 0 spiro atoms. The Bertz CT molecular complexity index is 981. The lowest BCUT2D eigenvalue weighted by molar-refractivity contribution is -0.121. The minimum absolute atomic E-state index is 0.0159. The topological polar surface area (TPSA) is 88.1 Å². The van der Waals surface area contributed by atoms with Gasteiger partial charge >= 0.3 is 0 Å². The third kappa shape index (κ3) is 5.68. The highest BCUT2D eigenvalue weighted by atomic mass is 35.5. The number of carbonyl (C=O) groups is 1. The fourth-order valence-corrected chi connectivity index (χ4v) is 4.07. The SMILES string of the molecule is CCOc1ccccc1/C=N\NC(=O)CN(C)S(=O)(=O)c1cc(Cl)ccc1Cl. The van der Waals surface area contributed by atoms with E-state index in [9.17, 15) is 13.2 Å². The summed E-state index contributed by atoms with van der Waals surface area (Å²) in [6.07, 6.45) is 1.42. The molecule has 0 aromatic heterocycles. The Balaban J connectivity index is 2.04. The van der Waals surface area contributed by atoms with Crippen molar-refractivity contribution in [2.75, 3.05) is 20.2 Å². The first-order valence-electron chi connectivity index (χ1n) is 8.20. The number of nitrogens with one attached hydrogen (secondary N) is 1. The van der Waals surface area contributed by atoms with Crippen LogP contribution in [-0.4, -0.2) is 45.0 Å². The first-order chi connectivity index (χ1) is 13.3. The second kappa shape index (κ2) is 9.88. The average molecular weight is 444 g/mol. The van der Waals surface area contributed by atoms with Crippen LogP contribution < -0.4 is 10.2 Å². The van der Waals surface area contributed by atoms with Gasteiger partial charge in [-0.2, -0.15) is 9.41 Å². The molecule has 10 heteroatoms. The summed E-state index contributed by atoms with van der Waals surface area (Å²) in [5.74, 6) is 0.00709. The van der Waals surface area contributed by atoms with Crippen LogP contribution in [0.25, 0.3) is 0 Å². The Morgan fingerprint density at radius 1 is 1.25 bits per heavy atom. The van der Waals surface area contributed by atoms with Gasteiger partial charge in [0.2, 0.25) is 10.0 Å². The minimum atomic E-state index is -3.99. The molecular formula is C18H19Cl2N3O4S. The summed E-state index contributed by atoms with van der Waals surface area (Å²) in [5.41, 5.74) is 2.97. The smallest absolute Gasteiger partial charge is 0.255 e. The molecule has 1 N–H and O–H groups in total. The molecule has 0 radical (unpaired) electrons. The number of benzene rings is 2. The number of sulfonamides is 1. The van der Waals surface area contributed by atoms with Crippen molar-refractivity contribution in [3.05, 3.63) is 58.1 Å². The van der Waals surface area contributed by atoms with Crippen LogP contribution in [0.4, 0.5) is 0 Å². The van der Waals surface area contributed by atoms with Crippen molar-refractivity contribution in [2.24, 2.45) is 5.10 Å². The van der Waals surface area contributed by atoms with Crippen LogP contribution in [0.2, 0.25) is 10.0 Å². The molecule has 0 aliphatic carbocycles. The number of carbonyl (C=O) groups excluding carboxylic acids is 1. The van der Waals surface area contributed by atoms with Gasteiger partial charge in [0.25, 0.3) is 5.91 Å². The quantitative estimate of drug-likeness (QED) is 0.501. The number of hydrazone groups is 1. The molecule has 28 heavy (non-hydrogen) atoms. The molecular weight excluding hydrogens is 425 g/mol. The van der Waals surface area contributed by atoms with Gasteiger partial charge in [0.1, 0.15) is 10.6 Å². The predicted molar refractivity (Wildman–Crippen MR) is 110 cm³/mol. The third-order valence-electron chi connectivity index (χ3n) is 3.56. The van der Waals surface area contributed by atoms with Crippen molar-refractivity contribution in [3.63, 3.8) is 0 Å². The standard InChI is InChI=1S/C18H19Cl2N3O4S/c1-3-27-16-7-5-4-6-13(16)11-21-22-18(24)12-23(2)28(25,26)17-10-14(19)8-9-15(17)20/h4-11H,3,12H2,1-2H3,(H,22,24)/b21-11-. The van der Waals surface area contributed by atoms with Crippen molar-refractivity contribution in [3.8, 4) is 5.75 Å². The highest BCUT2D eigenvalue weighted by Gasteiger charge is 2.25. The number of para-hydroxylation sites is 1. The summed E-state index contributed by atoms with van der Waals surface area (Å²) in [4.78, 5) is 11.9. The van der Waals surface area contributed by atoms with E-state index in [1.807, 2.05) is 13.0 Å². The number of hydrogen-bond acceptors (Lipinski definition) is 5. The summed E-state index contributed by atoms with van der Waals surface area (Å²) in [7, 11) is -2.73. The van der Waals surface area contributed by atoms with Gasteiger partial charge < -0.3 is 4.74 Å². The molecule has 0 fully saturated rings. The lowest BCUT2D eigenvalue weighted by Crippen LogP contribution is -2.36. The summed E-state index contributed by atoms with van der Waals surface area (Å²) >= 11 is 11.8. The van der Waals surface area contributed by atoms with E-state index in [1.165, 1.54) is 31.5 Å². The Morgan fingerprint density at radius 3 is 2.68 bits per heavy atom. The molecule has 2 aromatic carbocycles. The Labute approximate surface area is 173 Å². The van der Waals surface area contributed by atoms with E-state index in [4.69, 9.17) is 27.9 Å². The zero-order valence-electron chi connectivity index (χ0n) is 15.2. The Morgan fingerprint density at radius 2 is 1.96 bits per heavy atom. The summed E-state index contributed by atoms with van der Waals surface area (Å²) in [5, 5.41) is 4.09. The van der Waals surface area contributed by atoms with Crippen LogP contribution in [-0.2, 0) is 14.8 Å². The van der Waals surface area contributed by atoms with Crippen LogP contribution in [0.5, 0.6) is 5.75 Å². The van der Waals surface area contributed by atoms with E-state index in [0.29, 0.717) is 17.9 Å². The summed E-state index contributed by atoms with van der Waals surface area (Å²) < 4.78 is 31.5. The number of hydrogen-bond donors (Lipinski definition) is 1. The molecule has 7 nitrogen and oxygen atoms in total. The van der Waals surface area contributed by atoms with Crippen LogP contribution >= 0.6 is 23.2 Å². The van der Waals surface area contributed by atoms with E-state index >= 15 is 0 Å². The summed E-state index contributed by atoms with van der Waals surface area (Å²) in [6, 6.07) is 11.3. The molecule has 0 bridgehead atoms. The van der Waals surface area contributed by atoms with E-state index in [1.54, 1.807) is 18.2 Å². The normalized spacial score (nSPS) is 11.8. The number of rotatable bonds is 8. The zero-order valence-corrected chi connectivity index (χ0v) is 17.6. The molecule has 0 heterocycles.